The standard InChI is InChI=1S/C9H8F5NO2/c1-4-5(3-16)7(8(10)11)6(2-15-4)17-9(12,13)14/h2,8,16H,3H2,1H3. The molecule has 0 saturated carbocycles. The first-order valence-electron chi connectivity index (χ1n) is 4.39. The molecule has 17 heavy (non-hydrogen) atoms. The van der Waals surface area contributed by atoms with Crippen LogP contribution >= 0.6 is 0 Å². The van der Waals surface area contributed by atoms with E-state index in [1.807, 2.05) is 0 Å². The Morgan fingerprint density at radius 2 is 2.00 bits per heavy atom. The Bertz CT molecular complexity index is 405. The number of ether oxygens (including phenoxy) is 1. The second-order valence-corrected chi connectivity index (χ2v) is 3.11. The number of hydrogen-bond donors (Lipinski definition) is 1. The van der Waals surface area contributed by atoms with Crippen molar-refractivity contribution in [3.8, 4) is 5.75 Å². The monoisotopic (exact) mass is 257 g/mol. The van der Waals surface area contributed by atoms with Gasteiger partial charge in [-0.15, -0.1) is 13.2 Å². The topological polar surface area (TPSA) is 42.4 Å². The summed E-state index contributed by atoms with van der Waals surface area (Å²) in [6, 6.07) is 0. The molecule has 0 saturated heterocycles. The first kappa shape index (κ1) is 13.6. The lowest BCUT2D eigenvalue weighted by atomic mass is 10.1. The zero-order valence-corrected chi connectivity index (χ0v) is 8.55. The van der Waals surface area contributed by atoms with Gasteiger partial charge in [-0.3, -0.25) is 4.98 Å². The molecule has 0 unspecified atom stereocenters. The van der Waals surface area contributed by atoms with Gasteiger partial charge in [0.05, 0.1) is 18.4 Å². The van der Waals surface area contributed by atoms with Crippen LogP contribution in [0.5, 0.6) is 5.75 Å². The SMILES string of the molecule is Cc1ncc(OC(F)(F)F)c(C(F)F)c1CO. The summed E-state index contributed by atoms with van der Waals surface area (Å²) in [5, 5.41) is 8.86. The first-order chi connectivity index (χ1) is 7.76. The lowest BCUT2D eigenvalue weighted by Crippen LogP contribution is -2.19. The Hall–Kier alpha value is -1.44. The van der Waals surface area contributed by atoms with Crippen LogP contribution in [0.25, 0.3) is 0 Å². The van der Waals surface area contributed by atoms with Crippen molar-refractivity contribution in [2.24, 2.45) is 0 Å². The van der Waals surface area contributed by atoms with Crippen molar-refractivity contribution in [3.63, 3.8) is 0 Å². The predicted molar refractivity (Wildman–Crippen MR) is 46.5 cm³/mol. The van der Waals surface area contributed by atoms with Crippen molar-refractivity contribution >= 4 is 0 Å². The van der Waals surface area contributed by atoms with Crippen LogP contribution in [0.2, 0.25) is 0 Å². The molecule has 1 heterocycles. The van der Waals surface area contributed by atoms with E-state index in [0.29, 0.717) is 6.20 Å². The average Bonchev–Trinajstić information content (AvgIpc) is 2.17. The molecule has 1 aromatic rings. The molecule has 3 nitrogen and oxygen atoms in total. The molecular formula is C9H8F5NO2. The highest BCUT2D eigenvalue weighted by Gasteiger charge is 2.34. The highest BCUT2D eigenvalue weighted by atomic mass is 19.4. The number of hydrogen-bond acceptors (Lipinski definition) is 3. The number of nitrogens with zero attached hydrogens (tertiary/aromatic N) is 1. The molecule has 8 heteroatoms. The molecule has 1 rings (SSSR count). The Morgan fingerprint density at radius 1 is 1.41 bits per heavy atom. The van der Waals surface area contributed by atoms with Gasteiger partial charge < -0.3 is 9.84 Å². The van der Waals surface area contributed by atoms with Gasteiger partial charge in [0.2, 0.25) is 0 Å². The maximum atomic E-state index is 12.6. The van der Waals surface area contributed by atoms with E-state index in [-0.39, 0.29) is 11.3 Å². The third kappa shape index (κ3) is 3.26. The van der Waals surface area contributed by atoms with E-state index in [0.717, 1.165) is 0 Å². The summed E-state index contributed by atoms with van der Waals surface area (Å²) in [6.07, 6.45) is -7.73. The van der Waals surface area contributed by atoms with Gasteiger partial charge in [0, 0.05) is 11.3 Å². The van der Waals surface area contributed by atoms with Crippen molar-refractivity contribution in [1.29, 1.82) is 0 Å². The number of aliphatic hydroxyl groups is 1. The maximum Gasteiger partial charge on any atom is 0.573 e. The summed E-state index contributed by atoms with van der Waals surface area (Å²) in [5.74, 6) is -1.10. The summed E-state index contributed by atoms with van der Waals surface area (Å²) >= 11 is 0. The number of alkyl halides is 5. The fraction of sp³-hybridized carbons (Fsp3) is 0.444. The molecule has 1 N–H and O–H groups in total. The lowest BCUT2D eigenvalue weighted by molar-refractivity contribution is -0.275. The number of aryl methyl sites for hydroxylation is 1. The van der Waals surface area contributed by atoms with Crippen LogP contribution < -0.4 is 4.74 Å². The molecule has 0 fully saturated rings. The van der Waals surface area contributed by atoms with E-state index in [1.165, 1.54) is 6.92 Å². The van der Waals surface area contributed by atoms with Gasteiger partial charge in [0.1, 0.15) is 0 Å². The molecule has 96 valence electrons. The van der Waals surface area contributed by atoms with Crippen molar-refractivity contribution in [2.45, 2.75) is 26.3 Å². The lowest BCUT2D eigenvalue weighted by Gasteiger charge is -2.16. The molecule has 0 bridgehead atoms. The Balaban J connectivity index is 3.30. The highest BCUT2D eigenvalue weighted by Crippen LogP contribution is 2.35. The molecule has 0 spiro atoms. The minimum atomic E-state index is -5.09. The van der Waals surface area contributed by atoms with E-state index in [2.05, 4.69) is 9.72 Å². The van der Waals surface area contributed by atoms with Crippen LogP contribution in [0.15, 0.2) is 6.20 Å². The Labute approximate surface area is 92.8 Å². The van der Waals surface area contributed by atoms with Gasteiger partial charge in [0.25, 0.3) is 6.43 Å². The zero-order chi connectivity index (χ0) is 13.2. The third-order valence-corrected chi connectivity index (χ3v) is 2.00. The average molecular weight is 257 g/mol. The van der Waals surface area contributed by atoms with Crippen molar-refractivity contribution in [1.82, 2.24) is 4.98 Å². The van der Waals surface area contributed by atoms with Crippen LogP contribution in [-0.2, 0) is 6.61 Å². The molecule has 0 aliphatic carbocycles. The summed E-state index contributed by atoms with van der Waals surface area (Å²) in [5.41, 5.74) is -1.32. The van der Waals surface area contributed by atoms with Crippen LogP contribution in [0.3, 0.4) is 0 Å². The quantitative estimate of drug-likeness (QED) is 0.846. The van der Waals surface area contributed by atoms with Gasteiger partial charge in [-0.25, -0.2) is 8.78 Å². The molecule has 0 atom stereocenters. The number of aromatic nitrogens is 1. The molecule has 0 radical (unpaired) electrons. The highest BCUT2D eigenvalue weighted by molar-refractivity contribution is 5.41. The van der Waals surface area contributed by atoms with Gasteiger partial charge in [-0.2, -0.15) is 0 Å². The third-order valence-electron chi connectivity index (χ3n) is 2.00. The molecule has 1 aromatic heterocycles. The fourth-order valence-electron chi connectivity index (χ4n) is 1.29. The summed E-state index contributed by atoms with van der Waals surface area (Å²) < 4.78 is 64.6. The number of rotatable bonds is 3. The Kier molecular flexibility index (Phi) is 3.87. The van der Waals surface area contributed by atoms with Gasteiger partial charge in [-0.05, 0) is 6.92 Å². The number of pyridine rings is 1. The molecule has 0 aliphatic heterocycles. The zero-order valence-electron chi connectivity index (χ0n) is 8.55. The smallest absolute Gasteiger partial charge is 0.404 e. The maximum absolute atomic E-state index is 12.6. The van der Waals surface area contributed by atoms with E-state index in [1.54, 1.807) is 0 Å². The van der Waals surface area contributed by atoms with Crippen LogP contribution in [0.1, 0.15) is 23.2 Å². The predicted octanol–water partition coefficient (Wildman–Crippen LogP) is 2.72. The molecule has 0 aliphatic rings. The van der Waals surface area contributed by atoms with Gasteiger partial charge in [0.15, 0.2) is 5.75 Å². The van der Waals surface area contributed by atoms with Crippen molar-refractivity contribution in [3.05, 3.63) is 23.0 Å². The fourth-order valence-corrected chi connectivity index (χ4v) is 1.29. The molecular weight excluding hydrogens is 249 g/mol. The number of aliphatic hydroxyl groups excluding tert-OH is 1. The van der Waals surface area contributed by atoms with Crippen LogP contribution in [0, 0.1) is 6.92 Å². The second-order valence-electron chi connectivity index (χ2n) is 3.11. The van der Waals surface area contributed by atoms with E-state index >= 15 is 0 Å². The summed E-state index contributed by atoms with van der Waals surface area (Å²) in [4.78, 5) is 3.46. The van der Waals surface area contributed by atoms with Crippen LogP contribution in [0.4, 0.5) is 22.0 Å². The van der Waals surface area contributed by atoms with Gasteiger partial charge >= 0.3 is 6.36 Å². The van der Waals surface area contributed by atoms with E-state index in [4.69, 9.17) is 5.11 Å². The number of halogens is 5. The van der Waals surface area contributed by atoms with E-state index < -0.39 is 30.7 Å². The minimum Gasteiger partial charge on any atom is -0.404 e. The molecule has 0 amide bonds. The van der Waals surface area contributed by atoms with Crippen LogP contribution in [-0.4, -0.2) is 16.5 Å². The van der Waals surface area contributed by atoms with Gasteiger partial charge in [-0.1, -0.05) is 0 Å². The van der Waals surface area contributed by atoms with Crippen molar-refractivity contribution < 1.29 is 31.8 Å². The summed E-state index contributed by atoms with van der Waals surface area (Å²) in [7, 11) is 0. The van der Waals surface area contributed by atoms with Crippen molar-refractivity contribution in [2.75, 3.05) is 0 Å². The van der Waals surface area contributed by atoms with E-state index in [9.17, 15) is 22.0 Å². The molecule has 0 aromatic carbocycles. The second kappa shape index (κ2) is 4.82. The normalized spacial score (nSPS) is 12.0. The first-order valence-corrected chi connectivity index (χ1v) is 4.39. The largest absolute Gasteiger partial charge is 0.573 e. The Morgan fingerprint density at radius 3 is 2.41 bits per heavy atom. The summed E-state index contributed by atoms with van der Waals surface area (Å²) in [6.45, 7) is 0.461. The minimum absolute atomic E-state index is 0.0253.